The van der Waals surface area contributed by atoms with Gasteiger partial charge in [0.1, 0.15) is 0 Å². The number of para-hydroxylation sites is 2. The Kier molecular flexibility index (Phi) is 6.76. The molecule has 1 aromatic carbocycles. The number of carbonyl (C=O) groups excluding carboxylic acids is 1. The van der Waals surface area contributed by atoms with Crippen LogP contribution in [0.3, 0.4) is 0 Å². The number of rotatable bonds is 6. The molecule has 2 aliphatic heterocycles. The number of hydrogen-bond acceptors (Lipinski definition) is 6. The number of carbonyl (C=O) groups is 1. The van der Waals surface area contributed by atoms with Gasteiger partial charge in [0, 0.05) is 52.4 Å². The molecule has 0 aliphatic carbocycles. The molecule has 1 amide bonds. The summed E-state index contributed by atoms with van der Waals surface area (Å²) in [5.74, 6) is 0.913. The van der Waals surface area contributed by atoms with Crippen LogP contribution in [0.5, 0.6) is 11.5 Å². The van der Waals surface area contributed by atoms with Crippen LogP contribution < -0.4 is 9.47 Å². The van der Waals surface area contributed by atoms with Crippen molar-refractivity contribution in [3.8, 4) is 11.5 Å². The van der Waals surface area contributed by atoms with E-state index in [1.165, 1.54) is 8.61 Å². The summed E-state index contributed by atoms with van der Waals surface area (Å²) in [4.78, 5) is 16.2. The average Bonchev–Trinajstić information content (AvgIpc) is 2.72. The van der Waals surface area contributed by atoms with Gasteiger partial charge in [0.2, 0.25) is 0 Å². The van der Waals surface area contributed by atoms with Gasteiger partial charge in [0.15, 0.2) is 18.1 Å². The van der Waals surface area contributed by atoms with Crippen molar-refractivity contribution in [1.29, 1.82) is 0 Å². The highest BCUT2D eigenvalue weighted by Crippen LogP contribution is 2.25. The van der Waals surface area contributed by atoms with Gasteiger partial charge in [-0.2, -0.15) is 17.0 Å². The molecule has 156 valence electrons. The number of amides is 1. The van der Waals surface area contributed by atoms with Gasteiger partial charge in [-0.05, 0) is 19.2 Å². The molecule has 9 nitrogen and oxygen atoms in total. The minimum Gasteiger partial charge on any atom is -0.493 e. The molecule has 0 bridgehead atoms. The molecule has 0 atom stereocenters. The average molecular weight is 413 g/mol. The number of benzene rings is 1. The van der Waals surface area contributed by atoms with Crippen LogP contribution in [0.15, 0.2) is 24.3 Å². The summed E-state index contributed by atoms with van der Waals surface area (Å²) < 4.78 is 39.4. The van der Waals surface area contributed by atoms with Gasteiger partial charge in [-0.1, -0.05) is 12.1 Å². The molecule has 0 spiro atoms. The van der Waals surface area contributed by atoms with Crippen LogP contribution in [0.25, 0.3) is 0 Å². The summed E-state index contributed by atoms with van der Waals surface area (Å²) >= 11 is 0. The van der Waals surface area contributed by atoms with E-state index >= 15 is 0 Å². The quantitative estimate of drug-likeness (QED) is 0.639. The van der Waals surface area contributed by atoms with Crippen molar-refractivity contribution in [2.45, 2.75) is 0 Å². The first-order valence-corrected chi connectivity index (χ1v) is 10.8. The van der Waals surface area contributed by atoms with Gasteiger partial charge in [0.05, 0.1) is 7.11 Å². The third-order valence-electron chi connectivity index (χ3n) is 5.13. The van der Waals surface area contributed by atoms with Gasteiger partial charge in [-0.3, -0.25) is 4.79 Å². The van der Waals surface area contributed by atoms with E-state index in [-0.39, 0.29) is 12.5 Å². The third-order valence-corrected chi connectivity index (χ3v) is 7.16. The minimum absolute atomic E-state index is 0.106. The number of piperazine rings is 2. The van der Waals surface area contributed by atoms with E-state index in [0.717, 1.165) is 13.1 Å². The standard InChI is InChI=1S/C18H28N4O5S/c1-19-7-11-21(12-8-19)28(24,25)22-13-9-20(10-14-22)18(23)15-27-17-6-4-3-5-16(17)26-2/h3-6H,7-15H2,1-2H3. The molecule has 2 aliphatic rings. The highest BCUT2D eigenvalue weighted by molar-refractivity contribution is 7.86. The molecule has 3 rings (SSSR count). The SMILES string of the molecule is COc1ccccc1OCC(=O)N1CCN(S(=O)(=O)N2CCN(C)CC2)CC1. The zero-order valence-electron chi connectivity index (χ0n) is 16.4. The van der Waals surface area contributed by atoms with Crippen LogP contribution in [-0.4, -0.2) is 106 Å². The molecule has 28 heavy (non-hydrogen) atoms. The first-order valence-electron chi connectivity index (χ1n) is 9.39. The Bertz CT molecular complexity index is 772. The predicted octanol–water partition coefficient (Wildman–Crippen LogP) is -0.290. The summed E-state index contributed by atoms with van der Waals surface area (Å²) in [7, 11) is 0.0656. The molecule has 0 unspecified atom stereocenters. The normalized spacial score (nSPS) is 20.1. The lowest BCUT2D eigenvalue weighted by Crippen LogP contribution is -2.57. The Morgan fingerprint density at radius 3 is 2.04 bits per heavy atom. The van der Waals surface area contributed by atoms with Crippen LogP contribution in [0.2, 0.25) is 0 Å². The number of nitrogens with zero attached hydrogens (tertiary/aromatic N) is 4. The Labute approximate surface area is 166 Å². The Morgan fingerprint density at radius 2 is 1.46 bits per heavy atom. The second kappa shape index (κ2) is 9.08. The summed E-state index contributed by atoms with van der Waals surface area (Å²) in [6.07, 6.45) is 0. The number of methoxy groups -OCH3 is 1. The van der Waals surface area contributed by atoms with Crippen LogP contribution in [0.4, 0.5) is 0 Å². The maximum Gasteiger partial charge on any atom is 0.282 e. The van der Waals surface area contributed by atoms with E-state index in [1.54, 1.807) is 24.1 Å². The summed E-state index contributed by atoms with van der Waals surface area (Å²) in [6, 6.07) is 7.15. The molecule has 0 N–H and O–H groups in total. The van der Waals surface area contributed by atoms with Gasteiger partial charge < -0.3 is 19.3 Å². The first-order chi connectivity index (χ1) is 13.4. The maximum absolute atomic E-state index is 12.8. The molecule has 2 heterocycles. The molecule has 10 heteroatoms. The maximum atomic E-state index is 12.8. The topological polar surface area (TPSA) is 82.6 Å². The predicted molar refractivity (Wildman–Crippen MR) is 105 cm³/mol. The lowest BCUT2D eigenvalue weighted by atomic mass is 10.3. The van der Waals surface area contributed by atoms with E-state index in [1.807, 2.05) is 19.2 Å². The van der Waals surface area contributed by atoms with Crippen molar-refractivity contribution in [2.24, 2.45) is 0 Å². The van der Waals surface area contributed by atoms with E-state index in [0.29, 0.717) is 50.8 Å². The largest absolute Gasteiger partial charge is 0.493 e. The summed E-state index contributed by atoms with van der Waals surface area (Å²) in [6.45, 7) is 3.70. The molecule has 2 saturated heterocycles. The highest BCUT2D eigenvalue weighted by atomic mass is 32.2. The van der Waals surface area contributed by atoms with Crippen molar-refractivity contribution in [1.82, 2.24) is 18.4 Å². The molecule has 0 aromatic heterocycles. The van der Waals surface area contributed by atoms with E-state index in [9.17, 15) is 13.2 Å². The fourth-order valence-corrected chi connectivity index (χ4v) is 4.90. The molecular weight excluding hydrogens is 384 g/mol. The second-order valence-electron chi connectivity index (χ2n) is 6.93. The smallest absolute Gasteiger partial charge is 0.282 e. The molecule has 1 aromatic rings. The van der Waals surface area contributed by atoms with E-state index in [4.69, 9.17) is 9.47 Å². The number of likely N-dealkylation sites (N-methyl/N-ethyl adjacent to an activating group) is 1. The van der Waals surface area contributed by atoms with Crippen molar-refractivity contribution < 1.29 is 22.7 Å². The second-order valence-corrected chi connectivity index (χ2v) is 8.86. The Balaban J connectivity index is 1.50. The fraction of sp³-hybridized carbons (Fsp3) is 0.611. The zero-order valence-corrected chi connectivity index (χ0v) is 17.2. The van der Waals surface area contributed by atoms with Crippen molar-refractivity contribution >= 4 is 16.1 Å². The van der Waals surface area contributed by atoms with Crippen LogP contribution in [0, 0.1) is 0 Å². The van der Waals surface area contributed by atoms with Crippen LogP contribution in [-0.2, 0) is 15.0 Å². The van der Waals surface area contributed by atoms with Gasteiger partial charge >= 0.3 is 0 Å². The Hall–Kier alpha value is -1.88. The van der Waals surface area contributed by atoms with Gasteiger partial charge in [-0.25, -0.2) is 0 Å². The van der Waals surface area contributed by atoms with Crippen molar-refractivity contribution in [2.75, 3.05) is 73.1 Å². The van der Waals surface area contributed by atoms with Gasteiger partial charge in [-0.15, -0.1) is 0 Å². The molecule has 0 radical (unpaired) electrons. The zero-order chi connectivity index (χ0) is 20.1. The van der Waals surface area contributed by atoms with Crippen LogP contribution >= 0.6 is 0 Å². The fourth-order valence-electron chi connectivity index (χ4n) is 3.32. The first kappa shape index (κ1) is 20.8. The van der Waals surface area contributed by atoms with Crippen molar-refractivity contribution in [3.05, 3.63) is 24.3 Å². The van der Waals surface area contributed by atoms with Gasteiger partial charge in [0.25, 0.3) is 16.1 Å². The monoisotopic (exact) mass is 412 g/mol. The van der Waals surface area contributed by atoms with Crippen LogP contribution in [0.1, 0.15) is 0 Å². The Morgan fingerprint density at radius 1 is 0.929 bits per heavy atom. The molecule has 2 fully saturated rings. The minimum atomic E-state index is -3.47. The summed E-state index contributed by atoms with van der Waals surface area (Å²) in [5, 5.41) is 0. The van der Waals surface area contributed by atoms with Crippen molar-refractivity contribution in [3.63, 3.8) is 0 Å². The highest BCUT2D eigenvalue weighted by Gasteiger charge is 2.34. The summed E-state index contributed by atoms with van der Waals surface area (Å²) in [5.41, 5.74) is 0. The van der Waals surface area contributed by atoms with E-state index < -0.39 is 10.2 Å². The third kappa shape index (κ3) is 4.75. The number of hydrogen-bond donors (Lipinski definition) is 0. The van der Waals surface area contributed by atoms with E-state index in [2.05, 4.69) is 4.90 Å². The lowest BCUT2D eigenvalue weighted by molar-refractivity contribution is -0.134. The molecular formula is C18H28N4O5S. The lowest BCUT2D eigenvalue weighted by Gasteiger charge is -2.39. The number of ether oxygens (including phenoxy) is 2. The molecule has 0 saturated carbocycles.